The van der Waals surface area contributed by atoms with Gasteiger partial charge in [-0.2, -0.15) is 0 Å². The molecule has 0 amide bonds. The maximum Gasteiger partial charge on any atom is 0.192 e. The average molecular weight is 655 g/mol. The third-order valence-electron chi connectivity index (χ3n) is 15.5. The molecule has 8 N–H and O–H groups in total. The van der Waals surface area contributed by atoms with E-state index in [0.717, 1.165) is 19.3 Å². The van der Waals surface area contributed by atoms with E-state index in [1.54, 1.807) is 0 Å². The van der Waals surface area contributed by atoms with E-state index in [0.29, 0.717) is 31.6 Å². The molecular formula is C34H54O12. The maximum atomic E-state index is 13.5. The molecule has 0 aromatic carbocycles. The fraction of sp³-hybridized carbons (Fsp3) is 0.971. The van der Waals surface area contributed by atoms with Crippen molar-refractivity contribution in [2.24, 2.45) is 45.8 Å². The Balaban J connectivity index is 1.14. The summed E-state index contributed by atoms with van der Waals surface area (Å²) in [6.07, 6.45) is -5.96. The Kier molecular flexibility index (Phi) is 7.61. The van der Waals surface area contributed by atoms with Gasteiger partial charge in [-0.1, -0.05) is 20.8 Å². The smallest absolute Gasteiger partial charge is 0.192 e. The normalized spacial score (nSPS) is 61.8. The largest absolute Gasteiger partial charge is 0.394 e. The van der Waals surface area contributed by atoms with Crippen molar-refractivity contribution in [2.75, 3.05) is 6.61 Å². The van der Waals surface area contributed by atoms with E-state index in [1.807, 2.05) is 6.92 Å². The summed E-state index contributed by atoms with van der Waals surface area (Å²) in [6, 6.07) is 0. The van der Waals surface area contributed by atoms with E-state index in [2.05, 4.69) is 13.8 Å². The lowest BCUT2D eigenvalue weighted by Gasteiger charge is -2.61. The van der Waals surface area contributed by atoms with Gasteiger partial charge in [-0.05, 0) is 81.5 Å². The zero-order valence-electron chi connectivity index (χ0n) is 27.6. The van der Waals surface area contributed by atoms with E-state index in [9.17, 15) is 45.6 Å². The van der Waals surface area contributed by atoms with Crippen LogP contribution in [0.3, 0.4) is 0 Å². The fourth-order valence-corrected chi connectivity index (χ4v) is 12.1. The lowest BCUT2D eigenvalue weighted by atomic mass is 9.44. The van der Waals surface area contributed by atoms with Crippen molar-refractivity contribution < 1.29 is 59.9 Å². The van der Waals surface area contributed by atoms with Crippen LogP contribution in [0.25, 0.3) is 0 Å². The number of ether oxygens (including phenoxy) is 3. The summed E-state index contributed by atoms with van der Waals surface area (Å²) < 4.78 is 17.7. The minimum Gasteiger partial charge on any atom is -0.394 e. The Morgan fingerprint density at radius 1 is 0.913 bits per heavy atom. The van der Waals surface area contributed by atoms with Crippen LogP contribution in [-0.4, -0.2) is 119 Å². The van der Waals surface area contributed by atoms with Crippen LogP contribution < -0.4 is 0 Å². The third kappa shape index (κ3) is 4.03. The topological polar surface area (TPSA) is 207 Å². The summed E-state index contributed by atoms with van der Waals surface area (Å²) in [6.45, 7) is 8.23. The molecule has 2 saturated heterocycles. The number of hydrogen-bond acceptors (Lipinski definition) is 12. The van der Waals surface area contributed by atoms with E-state index in [4.69, 9.17) is 14.2 Å². The number of fused-ring (bicyclic) bond motifs is 4. The van der Waals surface area contributed by atoms with E-state index < -0.39 is 89.4 Å². The van der Waals surface area contributed by atoms with Gasteiger partial charge in [0.15, 0.2) is 12.6 Å². The van der Waals surface area contributed by atoms with Gasteiger partial charge in [0.2, 0.25) is 0 Å². The Morgan fingerprint density at radius 3 is 2.26 bits per heavy atom. The van der Waals surface area contributed by atoms with Gasteiger partial charge < -0.3 is 55.1 Å². The number of carbonyl (C=O) groups is 1. The summed E-state index contributed by atoms with van der Waals surface area (Å²) >= 11 is 0. The SMILES string of the molecule is C[C@H]([C@H]1C[C@@](C)(O)[C@@](C)(O)[C@H](O[C@@H]2O[C@H](CO)[C@@H](O)[C@H](O)[C@H]2O)O1)[C@@]1(O)CC[C@H]2[C@@H]3C[C@@H](O)[C@]45C[C@H]4CC(=O)[C@]5(C)[C@H]3CC[C@@]21C. The standard InChI is InChI=1S/C34H54O12/c1-15(20-13-30(3,41)32(5,42)28(45-20)46-27-26(40)25(39)24(38)21(14-35)44-27)34(43)9-7-18-17-11-23(37)33-12-16(33)10-22(36)31(33,4)19(17)6-8-29(18,34)2/h15-21,23-28,35,37-43H,6-14H2,1-5H3/t15-,16-,17+,18+,19+,20-,21-,23-,24-,25+,26-,27+,28+,29+,30-,31+,32+,33+,34+/m1/s1. The highest BCUT2D eigenvalue weighted by Gasteiger charge is 2.81. The van der Waals surface area contributed by atoms with Gasteiger partial charge in [0.25, 0.3) is 0 Å². The first kappa shape index (κ1) is 33.7. The molecule has 12 heteroatoms. The summed E-state index contributed by atoms with van der Waals surface area (Å²) in [4.78, 5) is 13.5. The van der Waals surface area contributed by atoms with E-state index in [1.165, 1.54) is 13.8 Å². The number of hydrogen-bond donors (Lipinski definition) is 8. The predicted molar refractivity (Wildman–Crippen MR) is 159 cm³/mol. The second kappa shape index (κ2) is 10.4. The van der Waals surface area contributed by atoms with Crippen LogP contribution in [0, 0.1) is 45.8 Å². The number of aliphatic hydroxyl groups excluding tert-OH is 5. The third-order valence-corrected chi connectivity index (χ3v) is 15.5. The molecule has 5 aliphatic carbocycles. The first-order valence-corrected chi connectivity index (χ1v) is 17.3. The summed E-state index contributed by atoms with van der Waals surface area (Å²) in [5.41, 5.74) is -6.38. The van der Waals surface area contributed by atoms with Gasteiger partial charge in [0.05, 0.1) is 30.0 Å². The van der Waals surface area contributed by atoms with Crippen molar-refractivity contribution >= 4 is 5.78 Å². The Morgan fingerprint density at radius 2 is 1.59 bits per heavy atom. The van der Waals surface area contributed by atoms with Crippen LogP contribution in [0.4, 0.5) is 0 Å². The molecule has 5 saturated carbocycles. The molecular weight excluding hydrogens is 600 g/mol. The average Bonchev–Trinajstić information content (AvgIpc) is 3.57. The van der Waals surface area contributed by atoms with Gasteiger partial charge in [-0.25, -0.2) is 0 Å². The van der Waals surface area contributed by atoms with Crippen molar-refractivity contribution in [1.29, 1.82) is 0 Å². The maximum absolute atomic E-state index is 13.5. The first-order chi connectivity index (χ1) is 21.3. The molecule has 7 fully saturated rings. The molecule has 262 valence electrons. The molecule has 0 bridgehead atoms. The zero-order chi connectivity index (χ0) is 33.6. The highest BCUT2D eigenvalue weighted by molar-refractivity contribution is 5.91. The minimum atomic E-state index is -2.01. The monoisotopic (exact) mass is 654 g/mol. The quantitative estimate of drug-likeness (QED) is 0.197. The van der Waals surface area contributed by atoms with Gasteiger partial charge in [-0.3, -0.25) is 4.79 Å². The molecule has 7 rings (SSSR count). The summed E-state index contributed by atoms with van der Waals surface area (Å²) in [5, 5.41) is 88.0. The van der Waals surface area contributed by atoms with Crippen molar-refractivity contribution in [3.63, 3.8) is 0 Å². The van der Waals surface area contributed by atoms with Gasteiger partial charge in [0.1, 0.15) is 35.8 Å². The van der Waals surface area contributed by atoms with Crippen molar-refractivity contribution in [3.05, 3.63) is 0 Å². The second-order valence-corrected chi connectivity index (χ2v) is 17.1. The van der Waals surface area contributed by atoms with Crippen LogP contribution in [-0.2, 0) is 19.0 Å². The number of carbonyl (C=O) groups excluding carboxylic acids is 1. The molecule has 2 aliphatic heterocycles. The number of rotatable bonds is 5. The minimum absolute atomic E-state index is 0.0278. The molecule has 0 radical (unpaired) electrons. The summed E-state index contributed by atoms with van der Waals surface area (Å²) in [5.74, 6) is 0.400. The van der Waals surface area contributed by atoms with E-state index >= 15 is 0 Å². The molecule has 1 spiro atoms. The number of Topliss-reactive ketones (excluding diaryl/α,β-unsaturated/α-hetero) is 1. The van der Waals surface area contributed by atoms with Crippen LogP contribution in [0.1, 0.15) is 86.0 Å². The molecule has 0 unspecified atom stereocenters. The molecule has 12 nitrogen and oxygen atoms in total. The van der Waals surface area contributed by atoms with Crippen molar-refractivity contribution in [2.45, 2.75) is 152 Å². The number of ketones is 1. The second-order valence-electron chi connectivity index (χ2n) is 17.1. The first-order valence-electron chi connectivity index (χ1n) is 17.3. The highest BCUT2D eigenvalue weighted by Crippen LogP contribution is 2.81. The summed E-state index contributed by atoms with van der Waals surface area (Å²) in [7, 11) is 0. The number of aliphatic hydroxyl groups is 8. The molecule has 19 atom stereocenters. The predicted octanol–water partition coefficient (Wildman–Crippen LogP) is -0.0204. The molecule has 46 heavy (non-hydrogen) atoms. The Bertz CT molecular complexity index is 1240. The molecule has 7 aliphatic rings. The van der Waals surface area contributed by atoms with Crippen LogP contribution >= 0.6 is 0 Å². The van der Waals surface area contributed by atoms with Gasteiger partial charge in [0, 0.05) is 29.6 Å². The lowest BCUT2D eigenvalue weighted by Crippen LogP contribution is -2.69. The molecule has 2 heterocycles. The lowest BCUT2D eigenvalue weighted by molar-refractivity contribution is -0.400. The van der Waals surface area contributed by atoms with Crippen LogP contribution in [0.15, 0.2) is 0 Å². The Hall–Kier alpha value is -0.770. The van der Waals surface area contributed by atoms with Gasteiger partial charge >= 0.3 is 0 Å². The van der Waals surface area contributed by atoms with Crippen LogP contribution in [0.5, 0.6) is 0 Å². The fourth-order valence-electron chi connectivity index (χ4n) is 12.1. The molecule has 0 aromatic heterocycles. The zero-order valence-corrected chi connectivity index (χ0v) is 27.6. The molecule has 0 aromatic rings. The Labute approximate surface area is 270 Å². The van der Waals surface area contributed by atoms with E-state index in [-0.39, 0.29) is 35.4 Å². The van der Waals surface area contributed by atoms with Crippen molar-refractivity contribution in [3.8, 4) is 0 Å². The van der Waals surface area contributed by atoms with Crippen LogP contribution in [0.2, 0.25) is 0 Å². The van der Waals surface area contributed by atoms with Crippen molar-refractivity contribution in [1.82, 2.24) is 0 Å². The van der Waals surface area contributed by atoms with Gasteiger partial charge in [-0.15, -0.1) is 0 Å². The highest BCUT2D eigenvalue weighted by atomic mass is 16.8.